The zero-order valence-corrected chi connectivity index (χ0v) is 14.7. The Hall–Kier alpha value is -2.58. The highest BCUT2D eigenvalue weighted by Crippen LogP contribution is 2.33. The predicted octanol–water partition coefficient (Wildman–Crippen LogP) is 2.41. The molecule has 4 N–H and O–H groups in total. The summed E-state index contributed by atoms with van der Waals surface area (Å²) in [6.07, 6.45) is -3.08. The number of nitrogens with two attached hydrogens (primary N) is 1. The third-order valence-electron chi connectivity index (χ3n) is 5.03. The molecule has 0 aromatic heterocycles. The van der Waals surface area contributed by atoms with Crippen LogP contribution in [0.5, 0.6) is 0 Å². The second-order valence-electron chi connectivity index (χ2n) is 6.96. The summed E-state index contributed by atoms with van der Waals surface area (Å²) in [5, 5.41) is 11.6. The van der Waals surface area contributed by atoms with Gasteiger partial charge in [-0.15, -0.1) is 0 Å². The van der Waals surface area contributed by atoms with Crippen LogP contribution in [-0.4, -0.2) is 22.9 Å². The molecule has 1 aromatic rings. The van der Waals surface area contributed by atoms with Crippen molar-refractivity contribution in [3.63, 3.8) is 0 Å². The number of hydrogen-bond donors (Lipinski definition) is 3. The topological polar surface area (TPSA) is 109 Å². The van der Waals surface area contributed by atoms with Crippen LogP contribution in [0.25, 0.3) is 0 Å². The minimum atomic E-state index is -4.61. The molecule has 2 rings (SSSR count). The van der Waals surface area contributed by atoms with Gasteiger partial charge in [0.05, 0.1) is 11.5 Å². The molecule has 3 unspecified atom stereocenters. The van der Waals surface area contributed by atoms with Crippen molar-refractivity contribution in [3.8, 4) is 0 Å². The summed E-state index contributed by atoms with van der Waals surface area (Å²) in [5.74, 6) is -3.92. The number of primary amides is 1. The molecule has 9 heteroatoms. The number of carboxylic acid groups (broad SMARTS) is 1. The van der Waals surface area contributed by atoms with E-state index in [9.17, 15) is 27.6 Å². The molecule has 0 heterocycles. The molecular weight excluding hydrogens is 365 g/mol. The van der Waals surface area contributed by atoms with Crippen LogP contribution in [0.1, 0.15) is 43.7 Å². The molecule has 0 radical (unpaired) electrons. The lowest BCUT2D eigenvalue weighted by atomic mass is 9.80. The Balaban J connectivity index is 2.28. The number of alkyl halides is 3. The van der Waals surface area contributed by atoms with Gasteiger partial charge in [-0.2, -0.15) is 13.2 Å². The van der Waals surface area contributed by atoms with Gasteiger partial charge in [-0.1, -0.05) is 18.6 Å². The number of aliphatic carboxylic acids is 1. The quantitative estimate of drug-likeness (QED) is 0.722. The summed E-state index contributed by atoms with van der Waals surface area (Å²) in [7, 11) is 0. The molecule has 1 aliphatic rings. The molecule has 148 valence electrons. The molecule has 2 amide bonds. The van der Waals surface area contributed by atoms with Crippen LogP contribution in [0.2, 0.25) is 0 Å². The standard InChI is InChI=1S/C18H21F3N2O4/c1-17(16(22)27,12-6-3-7-13(9-12)18(19,20)21)23-14(24)10-4-2-5-11(8-10)15(25)26/h3,6-7,9-11H,2,4-5,8H2,1H3,(H2,22,27)(H,23,24)(H,25,26). The molecule has 3 atom stereocenters. The van der Waals surface area contributed by atoms with Gasteiger partial charge < -0.3 is 16.2 Å². The summed E-state index contributed by atoms with van der Waals surface area (Å²) in [5.41, 5.74) is 2.47. The van der Waals surface area contributed by atoms with E-state index in [4.69, 9.17) is 10.8 Å². The van der Waals surface area contributed by atoms with E-state index in [-0.39, 0.29) is 12.0 Å². The zero-order chi connectivity index (χ0) is 20.4. The summed E-state index contributed by atoms with van der Waals surface area (Å²) < 4.78 is 38.9. The van der Waals surface area contributed by atoms with Crippen molar-refractivity contribution in [3.05, 3.63) is 35.4 Å². The van der Waals surface area contributed by atoms with Gasteiger partial charge in [-0.3, -0.25) is 14.4 Å². The number of carbonyl (C=O) groups is 3. The van der Waals surface area contributed by atoms with E-state index in [0.717, 1.165) is 18.2 Å². The third kappa shape index (κ3) is 4.58. The maximum atomic E-state index is 13.0. The molecule has 1 fully saturated rings. The minimum absolute atomic E-state index is 0.0937. The van der Waals surface area contributed by atoms with E-state index < -0.39 is 46.9 Å². The lowest BCUT2D eigenvalue weighted by Gasteiger charge is -2.32. The van der Waals surface area contributed by atoms with E-state index in [2.05, 4.69) is 5.32 Å². The van der Waals surface area contributed by atoms with E-state index in [0.29, 0.717) is 19.3 Å². The molecule has 0 bridgehead atoms. The summed E-state index contributed by atoms with van der Waals surface area (Å²) in [6.45, 7) is 1.24. The van der Waals surface area contributed by atoms with Crippen molar-refractivity contribution < 1.29 is 32.7 Å². The fourth-order valence-corrected chi connectivity index (χ4v) is 3.28. The van der Waals surface area contributed by atoms with E-state index >= 15 is 0 Å². The first-order valence-corrected chi connectivity index (χ1v) is 8.47. The molecule has 0 spiro atoms. The van der Waals surface area contributed by atoms with Crippen molar-refractivity contribution in [1.82, 2.24) is 5.32 Å². The number of benzene rings is 1. The monoisotopic (exact) mass is 386 g/mol. The molecule has 1 aromatic carbocycles. The van der Waals surface area contributed by atoms with Crippen LogP contribution in [-0.2, 0) is 26.1 Å². The number of amides is 2. The van der Waals surface area contributed by atoms with Crippen LogP contribution in [0.4, 0.5) is 13.2 Å². The van der Waals surface area contributed by atoms with Gasteiger partial charge in [0, 0.05) is 5.92 Å². The first kappa shape index (κ1) is 20.7. The Morgan fingerprint density at radius 3 is 2.30 bits per heavy atom. The summed E-state index contributed by atoms with van der Waals surface area (Å²) >= 11 is 0. The zero-order valence-electron chi connectivity index (χ0n) is 14.7. The number of hydrogen-bond acceptors (Lipinski definition) is 3. The first-order chi connectivity index (χ1) is 12.4. The van der Waals surface area contributed by atoms with Crippen LogP contribution in [0, 0.1) is 11.8 Å². The molecule has 6 nitrogen and oxygen atoms in total. The number of carbonyl (C=O) groups excluding carboxylic acids is 2. The van der Waals surface area contributed by atoms with E-state index in [1.807, 2.05) is 0 Å². The van der Waals surface area contributed by atoms with Crippen molar-refractivity contribution in [1.29, 1.82) is 0 Å². The van der Waals surface area contributed by atoms with Crippen LogP contribution >= 0.6 is 0 Å². The number of rotatable bonds is 5. The maximum Gasteiger partial charge on any atom is 0.416 e. The second kappa shape index (κ2) is 7.58. The largest absolute Gasteiger partial charge is 0.481 e. The van der Waals surface area contributed by atoms with Crippen LogP contribution in [0.15, 0.2) is 24.3 Å². The molecule has 0 aliphatic heterocycles. The summed E-state index contributed by atoms with van der Waals surface area (Å²) in [4.78, 5) is 35.8. The Kier molecular flexibility index (Phi) is 5.82. The molecule has 1 saturated carbocycles. The number of halogens is 3. The highest BCUT2D eigenvalue weighted by Gasteiger charge is 2.40. The Labute approximate surface area is 153 Å². The number of nitrogens with one attached hydrogen (secondary N) is 1. The van der Waals surface area contributed by atoms with Gasteiger partial charge in [-0.05, 0) is 43.9 Å². The second-order valence-corrected chi connectivity index (χ2v) is 6.96. The van der Waals surface area contributed by atoms with Crippen molar-refractivity contribution in [2.75, 3.05) is 0 Å². The lowest BCUT2D eigenvalue weighted by Crippen LogP contribution is -2.54. The van der Waals surface area contributed by atoms with Crippen LogP contribution in [0.3, 0.4) is 0 Å². The van der Waals surface area contributed by atoms with Crippen molar-refractivity contribution in [2.24, 2.45) is 17.6 Å². The molecule has 1 aliphatic carbocycles. The average Bonchev–Trinajstić information content (AvgIpc) is 2.60. The Morgan fingerprint density at radius 2 is 1.74 bits per heavy atom. The van der Waals surface area contributed by atoms with Gasteiger partial charge in [0.1, 0.15) is 5.54 Å². The SMILES string of the molecule is CC(NC(=O)C1CCCC(C(=O)O)C1)(C(N)=O)c1cccc(C(F)(F)F)c1. The molecule has 27 heavy (non-hydrogen) atoms. The van der Waals surface area contributed by atoms with E-state index in [1.165, 1.54) is 13.0 Å². The molecule has 0 saturated heterocycles. The van der Waals surface area contributed by atoms with Gasteiger partial charge in [-0.25, -0.2) is 0 Å². The fraction of sp³-hybridized carbons (Fsp3) is 0.500. The Morgan fingerprint density at radius 1 is 1.15 bits per heavy atom. The van der Waals surface area contributed by atoms with Crippen molar-refractivity contribution >= 4 is 17.8 Å². The lowest BCUT2D eigenvalue weighted by molar-refractivity contribution is -0.144. The normalized spacial score (nSPS) is 22.5. The smallest absolute Gasteiger partial charge is 0.416 e. The fourth-order valence-electron chi connectivity index (χ4n) is 3.28. The van der Waals surface area contributed by atoms with Gasteiger partial charge in [0.25, 0.3) is 0 Å². The van der Waals surface area contributed by atoms with Crippen molar-refractivity contribution in [2.45, 2.75) is 44.3 Å². The third-order valence-corrected chi connectivity index (χ3v) is 5.03. The van der Waals surface area contributed by atoms with E-state index in [1.54, 1.807) is 0 Å². The van der Waals surface area contributed by atoms with Gasteiger partial charge in [0.2, 0.25) is 11.8 Å². The highest BCUT2D eigenvalue weighted by molar-refractivity contribution is 5.92. The van der Waals surface area contributed by atoms with Gasteiger partial charge >= 0.3 is 12.1 Å². The molecular formula is C18H21F3N2O4. The summed E-state index contributed by atoms with van der Waals surface area (Å²) in [6, 6.07) is 4.03. The minimum Gasteiger partial charge on any atom is -0.481 e. The average molecular weight is 386 g/mol. The first-order valence-electron chi connectivity index (χ1n) is 8.47. The van der Waals surface area contributed by atoms with Gasteiger partial charge in [0.15, 0.2) is 0 Å². The number of carboxylic acids is 1. The highest BCUT2D eigenvalue weighted by atomic mass is 19.4. The maximum absolute atomic E-state index is 13.0. The van der Waals surface area contributed by atoms with Crippen LogP contribution < -0.4 is 11.1 Å². The Bertz CT molecular complexity index is 750. The predicted molar refractivity (Wildman–Crippen MR) is 89.2 cm³/mol.